The number of fused-ring (bicyclic) bond motifs is 5. The number of rotatable bonds is 4. The first kappa shape index (κ1) is 15.2. The molecule has 4 rings (SSSR count). The van der Waals surface area contributed by atoms with Gasteiger partial charge in [0.2, 0.25) is 0 Å². The van der Waals surface area contributed by atoms with Gasteiger partial charge in [-0.25, -0.2) is 0 Å². The van der Waals surface area contributed by atoms with Gasteiger partial charge in [-0.3, -0.25) is 4.55 Å². The fourth-order valence-corrected chi connectivity index (χ4v) is 3.91. The largest absolute Gasteiger partial charge is 0.360 e. The predicted molar refractivity (Wildman–Crippen MR) is 98.0 cm³/mol. The van der Waals surface area contributed by atoms with E-state index in [2.05, 4.69) is 41.4 Å². The van der Waals surface area contributed by atoms with Crippen molar-refractivity contribution >= 4 is 42.6 Å². The van der Waals surface area contributed by atoms with Gasteiger partial charge in [-0.15, -0.1) is 0 Å². The molecule has 1 heterocycles. The Kier molecular flexibility index (Phi) is 3.55. The second kappa shape index (κ2) is 5.61. The third kappa shape index (κ3) is 2.66. The van der Waals surface area contributed by atoms with E-state index in [1.807, 2.05) is 18.3 Å². The summed E-state index contributed by atoms with van der Waals surface area (Å²) in [5, 5.41) is 5.90. The first-order valence-corrected chi connectivity index (χ1v) is 9.49. The molecule has 0 amide bonds. The van der Waals surface area contributed by atoms with Crippen molar-refractivity contribution in [1.29, 1.82) is 0 Å². The van der Waals surface area contributed by atoms with E-state index in [4.69, 9.17) is 4.55 Å². The van der Waals surface area contributed by atoms with Crippen molar-refractivity contribution in [3.8, 4) is 0 Å². The Morgan fingerprint density at radius 2 is 1.62 bits per heavy atom. The zero-order chi connectivity index (χ0) is 16.7. The van der Waals surface area contributed by atoms with Crippen LogP contribution in [0.1, 0.15) is 12.0 Å². The van der Waals surface area contributed by atoms with Crippen molar-refractivity contribution in [2.24, 2.45) is 0 Å². The fraction of sp³-hybridized carbons (Fsp3) is 0.158. The lowest BCUT2D eigenvalue weighted by Crippen LogP contribution is -2.04. The number of H-pyrrole nitrogens is 1. The molecule has 2 N–H and O–H groups in total. The standard InChI is InChI=1S/C19H17NO3S/c21-24(22,23)11-3-5-14-12-20-19-16(14)9-10-17-15-6-2-1-4-13(15)7-8-18(17)19/h1-2,4,6-10,12,20H,3,5,11H2,(H,21,22,23). The zero-order valence-corrected chi connectivity index (χ0v) is 13.8. The molecule has 0 fully saturated rings. The summed E-state index contributed by atoms with van der Waals surface area (Å²) in [6.45, 7) is 0. The van der Waals surface area contributed by atoms with Crippen molar-refractivity contribution in [3.63, 3.8) is 0 Å². The van der Waals surface area contributed by atoms with Gasteiger partial charge in [0.1, 0.15) is 0 Å². The lowest BCUT2D eigenvalue weighted by molar-refractivity contribution is 0.481. The maximum Gasteiger partial charge on any atom is 0.264 e. The van der Waals surface area contributed by atoms with Gasteiger partial charge in [0, 0.05) is 17.0 Å². The number of aromatic amines is 1. The summed E-state index contributed by atoms with van der Waals surface area (Å²) in [5.41, 5.74) is 2.14. The third-order valence-corrected chi connectivity index (χ3v) is 5.32. The predicted octanol–water partition coefficient (Wildman–Crippen LogP) is 4.29. The maximum absolute atomic E-state index is 10.9. The van der Waals surface area contributed by atoms with Gasteiger partial charge in [0.25, 0.3) is 10.1 Å². The number of hydrogen-bond acceptors (Lipinski definition) is 2. The van der Waals surface area contributed by atoms with Gasteiger partial charge >= 0.3 is 0 Å². The molecule has 0 aliphatic heterocycles. The highest BCUT2D eigenvalue weighted by molar-refractivity contribution is 7.85. The summed E-state index contributed by atoms with van der Waals surface area (Å²) in [7, 11) is -3.90. The van der Waals surface area contributed by atoms with Gasteiger partial charge in [-0.05, 0) is 34.6 Å². The number of benzene rings is 3. The number of hydrogen-bond donors (Lipinski definition) is 2. The van der Waals surface area contributed by atoms with Crippen LogP contribution >= 0.6 is 0 Å². The molecule has 0 aliphatic rings. The summed E-state index contributed by atoms with van der Waals surface area (Å²) in [6.07, 6.45) is 2.95. The van der Waals surface area contributed by atoms with E-state index in [1.165, 1.54) is 16.2 Å². The van der Waals surface area contributed by atoms with Crippen LogP contribution < -0.4 is 0 Å². The smallest absolute Gasteiger partial charge is 0.264 e. The van der Waals surface area contributed by atoms with Crippen molar-refractivity contribution in [1.82, 2.24) is 4.98 Å². The number of nitrogens with one attached hydrogen (secondary N) is 1. The van der Waals surface area contributed by atoms with E-state index in [9.17, 15) is 8.42 Å². The van der Waals surface area contributed by atoms with Crippen molar-refractivity contribution in [3.05, 3.63) is 60.3 Å². The van der Waals surface area contributed by atoms with Crippen LogP contribution in [0.15, 0.2) is 54.7 Å². The Balaban J connectivity index is 1.81. The van der Waals surface area contributed by atoms with Crippen molar-refractivity contribution in [2.75, 3.05) is 5.75 Å². The Hall–Kier alpha value is -2.37. The Labute approximate surface area is 139 Å². The first-order valence-electron chi connectivity index (χ1n) is 7.88. The average molecular weight is 339 g/mol. The molecule has 0 saturated carbocycles. The maximum atomic E-state index is 10.9. The Morgan fingerprint density at radius 1 is 0.875 bits per heavy atom. The SMILES string of the molecule is O=S(=O)(O)CCCc1c[nH]c2c1ccc1c3ccccc3ccc12. The quantitative estimate of drug-likeness (QED) is 0.430. The number of aromatic nitrogens is 1. The molecule has 0 unspecified atom stereocenters. The van der Waals surface area contributed by atoms with Crippen LogP contribution in [-0.4, -0.2) is 23.7 Å². The minimum atomic E-state index is -3.90. The molecule has 4 nitrogen and oxygen atoms in total. The number of aryl methyl sites for hydroxylation is 1. The van der Waals surface area contributed by atoms with Gasteiger partial charge < -0.3 is 4.98 Å². The van der Waals surface area contributed by atoms with Gasteiger partial charge in [-0.2, -0.15) is 8.42 Å². The normalized spacial score (nSPS) is 12.4. The zero-order valence-electron chi connectivity index (χ0n) is 13.0. The van der Waals surface area contributed by atoms with Crippen LogP contribution in [0.2, 0.25) is 0 Å². The van der Waals surface area contributed by atoms with E-state index >= 15 is 0 Å². The third-order valence-electron chi connectivity index (χ3n) is 4.51. The van der Waals surface area contributed by atoms with Crippen LogP contribution in [-0.2, 0) is 16.5 Å². The molecule has 0 bridgehead atoms. The monoisotopic (exact) mass is 339 g/mol. The van der Waals surface area contributed by atoms with E-state index in [0.717, 1.165) is 21.9 Å². The Bertz CT molecular complexity index is 1160. The Morgan fingerprint density at radius 3 is 2.46 bits per heavy atom. The molecule has 1 aromatic heterocycles. The van der Waals surface area contributed by atoms with Crippen LogP contribution in [0.25, 0.3) is 32.4 Å². The average Bonchev–Trinajstić information content (AvgIpc) is 2.97. The summed E-state index contributed by atoms with van der Waals surface area (Å²) in [5.74, 6) is -0.210. The molecule has 0 radical (unpaired) electrons. The summed E-state index contributed by atoms with van der Waals surface area (Å²) >= 11 is 0. The summed E-state index contributed by atoms with van der Waals surface area (Å²) in [6, 6.07) is 16.8. The van der Waals surface area contributed by atoms with E-state index in [0.29, 0.717) is 12.8 Å². The van der Waals surface area contributed by atoms with E-state index in [1.54, 1.807) is 0 Å². The highest BCUT2D eigenvalue weighted by Crippen LogP contribution is 2.32. The molecule has 0 saturated heterocycles. The van der Waals surface area contributed by atoms with Gasteiger partial charge in [0.15, 0.2) is 0 Å². The topological polar surface area (TPSA) is 70.2 Å². The molecular weight excluding hydrogens is 322 g/mol. The summed E-state index contributed by atoms with van der Waals surface area (Å²) in [4.78, 5) is 3.33. The lowest BCUT2D eigenvalue weighted by atomic mass is 9.99. The van der Waals surface area contributed by atoms with Gasteiger partial charge in [-0.1, -0.05) is 48.5 Å². The van der Waals surface area contributed by atoms with Crippen LogP contribution in [0, 0.1) is 0 Å². The second-order valence-corrected chi connectivity index (χ2v) is 7.65. The minimum absolute atomic E-state index is 0.210. The molecule has 24 heavy (non-hydrogen) atoms. The molecule has 0 aliphatic carbocycles. The molecule has 4 aromatic rings. The molecule has 122 valence electrons. The van der Waals surface area contributed by atoms with Crippen LogP contribution in [0.5, 0.6) is 0 Å². The fourth-order valence-electron chi connectivity index (χ4n) is 3.40. The summed E-state index contributed by atoms with van der Waals surface area (Å²) < 4.78 is 30.6. The van der Waals surface area contributed by atoms with E-state index in [-0.39, 0.29) is 5.75 Å². The highest BCUT2D eigenvalue weighted by atomic mass is 32.2. The van der Waals surface area contributed by atoms with E-state index < -0.39 is 10.1 Å². The second-order valence-electron chi connectivity index (χ2n) is 6.07. The molecule has 5 heteroatoms. The molecule has 3 aromatic carbocycles. The lowest BCUT2D eigenvalue weighted by Gasteiger charge is -2.06. The van der Waals surface area contributed by atoms with Crippen molar-refractivity contribution in [2.45, 2.75) is 12.8 Å². The van der Waals surface area contributed by atoms with Crippen LogP contribution in [0.3, 0.4) is 0 Å². The van der Waals surface area contributed by atoms with Crippen LogP contribution in [0.4, 0.5) is 0 Å². The minimum Gasteiger partial charge on any atom is -0.360 e. The highest BCUT2D eigenvalue weighted by Gasteiger charge is 2.10. The molecular formula is C19H17NO3S. The van der Waals surface area contributed by atoms with Gasteiger partial charge in [0.05, 0.1) is 11.3 Å². The molecule has 0 spiro atoms. The van der Waals surface area contributed by atoms with Crippen molar-refractivity contribution < 1.29 is 13.0 Å². The first-order chi connectivity index (χ1) is 11.5. The molecule has 0 atom stereocenters.